The monoisotopic (exact) mass is 368 g/mol. The number of hydrogen-bond acceptors (Lipinski definition) is 0. The second kappa shape index (κ2) is 15.8. The molecule has 0 rings (SSSR count). The summed E-state index contributed by atoms with van der Waals surface area (Å²) in [6.45, 7) is 0. The zero-order valence-corrected chi connectivity index (χ0v) is 6.20. The summed E-state index contributed by atoms with van der Waals surface area (Å²) in [6.07, 6.45) is 0. The number of hydrogen-bond donors (Lipinski definition) is 0. The van der Waals surface area contributed by atoms with E-state index in [1.54, 1.807) is 0 Å². The molecule has 0 nitrogen and oxygen atoms in total. The Morgan fingerprint density at radius 1 is 1.25 bits per heavy atom. The van der Waals surface area contributed by atoms with Crippen molar-refractivity contribution in [2.75, 3.05) is 0 Å². The first kappa shape index (κ1) is 15.7. The van der Waals surface area contributed by atoms with Crippen molar-refractivity contribution in [2.45, 2.75) is 0 Å². The molecule has 0 aromatic rings. The van der Waals surface area contributed by atoms with Crippen LogP contribution in [-0.4, -0.2) is 112 Å². The normalized spacial score (nSPS) is 1.50. The molecular formula is H6BaNaSbSe. The molecule has 0 bridgehead atoms. The first-order chi connectivity index (χ1) is 1.00. The van der Waals surface area contributed by atoms with Crippen LogP contribution in [0.3, 0.4) is 0 Å². The molecule has 0 aromatic carbocycles. The third-order valence-corrected chi connectivity index (χ3v) is 0. The van der Waals surface area contributed by atoms with Gasteiger partial charge >= 0.3 is 112 Å². The van der Waals surface area contributed by atoms with Crippen molar-refractivity contribution in [2.24, 2.45) is 0 Å². The molecule has 4 heteroatoms. The fourth-order valence-corrected chi connectivity index (χ4v) is 0. The summed E-state index contributed by atoms with van der Waals surface area (Å²) in [7, 11) is 0. The predicted molar refractivity (Wildman–Crippen MR) is 31.4 cm³/mol. The first-order valence-electron chi connectivity index (χ1n) is 0.258. The van der Waals surface area contributed by atoms with Crippen LogP contribution in [0, 0.1) is 0 Å². The van der Waals surface area contributed by atoms with E-state index in [1.807, 2.05) is 0 Å². The molecule has 0 atom stereocenters. The Balaban J connectivity index is -0.00000000500. The third kappa shape index (κ3) is 9.32. The van der Waals surface area contributed by atoms with Gasteiger partial charge in [0.05, 0.1) is 0 Å². The SMILES string of the molecule is [BaH2].[NaH].[SeH][SbH2]. The maximum absolute atomic E-state index is 2.44. The minimum atomic E-state index is 0. The number of rotatable bonds is 0. The summed E-state index contributed by atoms with van der Waals surface area (Å²) in [5.41, 5.74) is 0. The quantitative estimate of drug-likeness (QED) is 0.398. The zero-order valence-electron chi connectivity index (χ0n) is 1.02. The van der Waals surface area contributed by atoms with Crippen LogP contribution in [0.25, 0.3) is 0 Å². The molecule has 20 valence electrons. The van der Waals surface area contributed by atoms with Crippen LogP contribution in [0.4, 0.5) is 0 Å². The van der Waals surface area contributed by atoms with E-state index < -0.39 is 0 Å². The third-order valence-electron chi connectivity index (χ3n) is 0. The molecule has 0 radical (unpaired) electrons. The molecule has 0 unspecified atom stereocenters. The standard InChI is InChI=1S/Ba.Na.Sb.H2Se.5H/h;;;1H2;;;;;/q;;+1;;;;;;/p-1. The molecule has 4 heavy (non-hydrogen) atoms. The first-order valence-corrected chi connectivity index (χ1v) is 9.00. The molecular weight excluding hydrogens is 361 g/mol. The van der Waals surface area contributed by atoms with Gasteiger partial charge in [0, 0.05) is 0 Å². The molecule has 0 aliphatic heterocycles. The molecule has 0 saturated heterocycles. The average molecular weight is 367 g/mol. The van der Waals surface area contributed by atoms with Gasteiger partial charge in [0.2, 0.25) is 0 Å². The van der Waals surface area contributed by atoms with Gasteiger partial charge in [-0.3, -0.25) is 0 Å². The summed E-state index contributed by atoms with van der Waals surface area (Å²) in [5, 5.41) is 0. The van der Waals surface area contributed by atoms with Crippen LogP contribution in [0.1, 0.15) is 0 Å². The minimum absolute atomic E-state index is 0. The molecule has 0 amide bonds. The van der Waals surface area contributed by atoms with Crippen molar-refractivity contribution in [3.05, 3.63) is 0 Å². The zero-order chi connectivity index (χ0) is 2.00. The van der Waals surface area contributed by atoms with Gasteiger partial charge in [0.15, 0.2) is 0 Å². The molecule has 0 fully saturated rings. The van der Waals surface area contributed by atoms with Gasteiger partial charge < -0.3 is 0 Å². The van der Waals surface area contributed by atoms with Crippen LogP contribution >= 0.6 is 0 Å². The van der Waals surface area contributed by atoms with E-state index in [-0.39, 0.29) is 78.4 Å². The van der Waals surface area contributed by atoms with Crippen molar-refractivity contribution < 1.29 is 0 Å². The molecule has 0 heterocycles. The van der Waals surface area contributed by atoms with E-state index in [0.29, 0.717) is 0 Å². The van der Waals surface area contributed by atoms with Gasteiger partial charge in [0.1, 0.15) is 0 Å². The predicted octanol–water partition coefficient (Wildman–Crippen LogP) is -3.13. The van der Waals surface area contributed by atoms with Crippen LogP contribution in [-0.2, 0) is 0 Å². The van der Waals surface area contributed by atoms with Gasteiger partial charge in [-0.1, -0.05) is 0 Å². The summed E-state index contributed by atoms with van der Waals surface area (Å²) < 4.78 is 0. The Labute approximate surface area is 108 Å². The Hall–Kier alpha value is 3.91. The Kier molecular flexibility index (Phi) is 61.8. The van der Waals surface area contributed by atoms with Crippen LogP contribution < -0.4 is 0 Å². The Morgan fingerprint density at radius 3 is 1.25 bits per heavy atom. The van der Waals surface area contributed by atoms with E-state index in [4.69, 9.17) is 0 Å². The van der Waals surface area contributed by atoms with E-state index in [2.05, 4.69) is 12.7 Å². The van der Waals surface area contributed by atoms with Crippen molar-refractivity contribution in [3.63, 3.8) is 0 Å². The van der Waals surface area contributed by atoms with E-state index in [0.717, 1.165) is 0 Å². The van der Waals surface area contributed by atoms with Crippen molar-refractivity contribution in [3.8, 4) is 0 Å². The Bertz CT molecular complexity index is 8.00. The molecule has 0 N–H and O–H groups in total. The maximum atomic E-state index is 2.44. The van der Waals surface area contributed by atoms with E-state index in [1.165, 1.54) is 20.7 Å². The van der Waals surface area contributed by atoms with Gasteiger partial charge in [-0.05, 0) is 0 Å². The van der Waals surface area contributed by atoms with Crippen LogP contribution in [0.2, 0.25) is 0 Å². The van der Waals surface area contributed by atoms with Crippen LogP contribution in [0.5, 0.6) is 0 Å². The van der Waals surface area contributed by atoms with Gasteiger partial charge in [-0.25, -0.2) is 0 Å². The topological polar surface area (TPSA) is 0 Å². The second-order valence-electron chi connectivity index (χ2n) is 0. The molecule has 0 saturated carbocycles. The molecule has 0 aliphatic rings. The fourth-order valence-electron chi connectivity index (χ4n) is 0. The molecule has 0 aliphatic carbocycles. The summed E-state index contributed by atoms with van der Waals surface area (Å²) in [4.78, 5) is 0. The average Bonchev–Trinajstić information content (AvgIpc) is 1.00. The summed E-state index contributed by atoms with van der Waals surface area (Å²) in [5.74, 6) is 0. The van der Waals surface area contributed by atoms with Crippen molar-refractivity contribution in [1.82, 2.24) is 0 Å². The van der Waals surface area contributed by atoms with Crippen molar-refractivity contribution in [1.29, 1.82) is 0 Å². The fraction of sp³-hybridized carbons (Fsp3) is 0. The van der Waals surface area contributed by atoms with E-state index >= 15 is 0 Å². The van der Waals surface area contributed by atoms with Gasteiger partial charge in [0.25, 0.3) is 0 Å². The van der Waals surface area contributed by atoms with Gasteiger partial charge in [-0.2, -0.15) is 0 Å². The summed E-state index contributed by atoms with van der Waals surface area (Å²) >= 11 is 3.73. The summed E-state index contributed by atoms with van der Waals surface area (Å²) in [6, 6.07) is 0. The molecule has 0 spiro atoms. The molecule has 0 aromatic heterocycles. The Morgan fingerprint density at radius 2 is 1.25 bits per heavy atom. The van der Waals surface area contributed by atoms with Crippen molar-refractivity contribution >= 4 is 112 Å². The van der Waals surface area contributed by atoms with Crippen LogP contribution in [0.15, 0.2) is 0 Å². The van der Waals surface area contributed by atoms with E-state index in [9.17, 15) is 0 Å². The van der Waals surface area contributed by atoms with Gasteiger partial charge in [-0.15, -0.1) is 0 Å². The second-order valence-corrected chi connectivity index (χ2v) is 0.